The topological polar surface area (TPSA) is 50.8 Å². The van der Waals surface area contributed by atoms with Crippen LogP contribution in [0, 0.1) is 0 Å². The molecular weight excluding hydrogens is 352 g/mol. The molecule has 0 atom stereocenters. The fourth-order valence-corrected chi connectivity index (χ4v) is 3.40. The van der Waals surface area contributed by atoms with Gasteiger partial charge >= 0.3 is 0 Å². The number of carbonyl (C=O) groups excluding carboxylic acids is 1. The van der Waals surface area contributed by atoms with Gasteiger partial charge in [0.2, 0.25) is 5.91 Å². The average molecular weight is 380 g/mol. The lowest BCUT2D eigenvalue weighted by Crippen LogP contribution is -2.23. The van der Waals surface area contributed by atoms with Crippen LogP contribution in [0.3, 0.4) is 0 Å². The molecule has 1 saturated heterocycles. The standard InChI is InChI=1S/C23H28N2O3/c1-27-21-12-13-22(28-2)18(17-21)7-14-23(26)24-19-8-10-20(11-9-19)25-15-5-3-4-6-16-25/h7-14,17H,3-6,15-16H2,1-2H3,(H,24,26)/b14-7+. The molecule has 2 aromatic rings. The lowest BCUT2D eigenvalue weighted by molar-refractivity contribution is -0.111. The monoisotopic (exact) mass is 380 g/mol. The van der Waals surface area contributed by atoms with Gasteiger partial charge in [0.05, 0.1) is 14.2 Å². The summed E-state index contributed by atoms with van der Waals surface area (Å²) in [6, 6.07) is 13.5. The van der Waals surface area contributed by atoms with Crippen molar-refractivity contribution in [2.75, 3.05) is 37.5 Å². The number of rotatable bonds is 6. The Labute approximate surface area is 167 Å². The average Bonchev–Trinajstić information content (AvgIpc) is 3.02. The van der Waals surface area contributed by atoms with Crippen molar-refractivity contribution in [2.24, 2.45) is 0 Å². The third-order valence-corrected chi connectivity index (χ3v) is 4.96. The van der Waals surface area contributed by atoms with Crippen LogP contribution in [0.4, 0.5) is 11.4 Å². The molecule has 1 fully saturated rings. The van der Waals surface area contributed by atoms with Gasteiger partial charge in [0.1, 0.15) is 11.5 Å². The van der Waals surface area contributed by atoms with Crippen LogP contribution in [0.1, 0.15) is 31.2 Å². The van der Waals surface area contributed by atoms with Gasteiger partial charge in [-0.15, -0.1) is 0 Å². The smallest absolute Gasteiger partial charge is 0.248 e. The third-order valence-electron chi connectivity index (χ3n) is 4.96. The number of carbonyl (C=O) groups is 1. The van der Waals surface area contributed by atoms with Crippen LogP contribution in [0.2, 0.25) is 0 Å². The van der Waals surface area contributed by atoms with Gasteiger partial charge in [-0.3, -0.25) is 4.79 Å². The van der Waals surface area contributed by atoms with E-state index in [1.54, 1.807) is 20.3 Å². The quantitative estimate of drug-likeness (QED) is 0.736. The molecule has 0 aromatic heterocycles. The summed E-state index contributed by atoms with van der Waals surface area (Å²) in [7, 11) is 3.21. The Morgan fingerprint density at radius 2 is 1.68 bits per heavy atom. The molecule has 2 aromatic carbocycles. The van der Waals surface area contributed by atoms with E-state index in [0.717, 1.165) is 24.3 Å². The Kier molecular flexibility index (Phi) is 6.95. The lowest BCUT2D eigenvalue weighted by Gasteiger charge is -2.22. The minimum Gasteiger partial charge on any atom is -0.497 e. The third kappa shape index (κ3) is 5.28. The number of nitrogens with zero attached hydrogens (tertiary/aromatic N) is 1. The maximum absolute atomic E-state index is 12.3. The predicted molar refractivity (Wildman–Crippen MR) is 114 cm³/mol. The van der Waals surface area contributed by atoms with Crippen molar-refractivity contribution >= 4 is 23.4 Å². The fourth-order valence-electron chi connectivity index (χ4n) is 3.40. The first kappa shape index (κ1) is 19.8. The maximum atomic E-state index is 12.3. The molecule has 0 aliphatic carbocycles. The molecule has 0 radical (unpaired) electrons. The summed E-state index contributed by atoms with van der Waals surface area (Å²) in [5.41, 5.74) is 2.79. The highest BCUT2D eigenvalue weighted by Gasteiger charge is 2.10. The van der Waals surface area contributed by atoms with Crippen LogP contribution < -0.4 is 19.7 Å². The van der Waals surface area contributed by atoms with Gasteiger partial charge in [-0.1, -0.05) is 12.8 Å². The second kappa shape index (κ2) is 9.83. The zero-order valence-electron chi connectivity index (χ0n) is 16.6. The zero-order valence-corrected chi connectivity index (χ0v) is 16.6. The second-order valence-electron chi connectivity index (χ2n) is 6.88. The van der Waals surface area contributed by atoms with Crippen molar-refractivity contribution in [1.29, 1.82) is 0 Å². The van der Waals surface area contributed by atoms with Gasteiger partial charge in [-0.25, -0.2) is 0 Å². The first-order valence-corrected chi connectivity index (χ1v) is 9.76. The van der Waals surface area contributed by atoms with Crippen LogP contribution >= 0.6 is 0 Å². The SMILES string of the molecule is COc1ccc(OC)c(/C=C/C(=O)Nc2ccc(N3CCCCCC3)cc2)c1. The van der Waals surface area contributed by atoms with E-state index in [0.29, 0.717) is 11.5 Å². The van der Waals surface area contributed by atoms with E-state index in [-0.39, 0.29) is 5.91 Å². The Morgan fingerprint density at radius 3 is 2.32 bits per heavy atom. The molecule has 1 heterocycles. The van der Waals surface area contributed by atoms with Crippen molar-refractivity contribution < 1.29 is 14.3 Å². The first-order valence-electron chi connectivity index (χ1n) is 9.76. The lowest BCUT2D eigenvalue weighted by atomic mass is 10.1. The summed E-state index contributed by atoms with van der Waals surface area (Å²) in [5.74, 6) is 1.21. The molecule has 1 amide bonds. The van der Waals surface area contributed by atoms with Crippen LogP contribution in [0.15, 0.2) is 48.5 Å². The normalized spacial score (nSPS) is 14.6. The molecule has 5 heteroatoms. The summed E-state index contributed by atoms with van der Waals surface area (Å²) in [4.78, 5) is 14.7. The highest BCUT2D eigenvalue weighted by Crippen LogP contribution is 2.25. The number of anilines is 2. The summed E-state index contributed by atoms with van der Waals surface area (Å²) in [6.45, 7) is 2.22. The number of hydrogen-bond acceptors (Lipinski definition) is 4. The number of amides is 1. The van der Waals surface area contributed by atoms with Gasteiger partial charge in [-0.2, -0.15) is 0 Å². The Balaban J connectivity index is 1.62. The number of methoxy groups -OCH3 is 2. The van der Waals surface area contributed by atoms with Gasteiger partial charge < -0.3 is 19.7 Å². The number of nitrogens with one attached hydrogen (secondary N) is 1. The number of ether oxygens (including phenoxy) is 2. The van der Waals surface area contributed by atoms with E-state index in [1.165, 1.54) is 37.4 Å². The van der Waals surface area contributed by atoms with E-state index in [2.05, 4.69) is 22.3 Å². The second-order valence-corrected chi connectivity index (χ2v) is 6.88. The first-order chi connectivity index (χ1) is 13.7. The largest absolute Gasteiger partial charge is 0.497 e. The number of benzene rings is 2. The summed E-state index contributed by atoms with van der Waals surface area (Å²) in [5, 5.41) is 2.90. The zero-order chi connectivity index (χ0) is 19.8. The molecule has 1 aliphatic rings. The van der Waals surface area contributed by atoms with Crippen LogP contribution in [0.5, 0.6) is 11.5 Å². The maximum Gasteiger partial charge on any atom is 0.248 e. The molecule has 0 saturated carbocycles. The minimum atomic E-state index is -0.188. The van der Waals surface area contributed by atoms with E-state index in [4.69, 9.17) is 9.47 Å². The number of hydrogen-bond donors (Lipinski definition) is 1. The van der Waals surface area contributed by atoms with Crippen molar-refractivity contribution in [3.05, 3.63) is 54.1 Å². The Bertz CT molecular complexity index is 807. The van der Waals surface area contributed by atoms with Crippen LogP contribution in [0.25, 0.3) is 6.08 Å². The van der Waals surface area contributed by atoms with Crippen LogP contribution in [-0.2, 0) is 4.79 Å². The van der Waals surface area contributed by atoms with Crippen molar-refractivity contribution in [2.45, 2.75) is 25.7 Å². The van der Waals surface area contributed by atoms with Gasteiger partial charge in [-0.05, 0) is 61.4 Å². The van der Waals surface area contributed by atoms with Gasteiger partial charge in [0.25, 0.3) is 0 Å². The highest BCUT2D eigenvalue weighted by molar-refractivity contribution is 6.02. The molecule has 5 nitrogen and oxygen atoms in total. The molecule has 148 valence electrons. The molecular formula is C23H28N2O3. The van der Waals surface area contributed by atoms with Gasteiger partial charge in [0, 0.05) is 36.1 Å². The van der Waals surface area contributed by atoms with E-state index in [1.807, 2.05) is 30.3 Å². The van der Waals surface area contributed by atoms with Crippen molar-refractivity contribution in [1.82, 2.24) is 0 Å². The molecule has 1 aliphatic heterocycles. The summed E-state index contributed by atoms with van der Waals surface area (Å²) >= 11 is 0. The van der Waals surface area contributed by atoms with E-state index >= 15 is 0 Å². The van der Waals surface area contributed by atoms with E-state index in [9.17, 15) is 4.79 Å². The predicted octanol–water partition coefficient (Wildman–Crippen LogP) is 4.74. The molecule has 1 N–H and O–H groups in total. The highest BCUT2D eigenvalue weighted by atomic mass is 16.5. The minimum absolute atomic E-state index is 0.188. The Morgan fingerprint density at radius 1 is 0.964 bits per heavy atom. The fraction of sp³-hybridized carbons (Fsp3) is 0.348. The summed E-state index contributed by atoms with van der Waals surface area (Å²) in [6.07, 6.45) is 8.35. The Hall–Kier alpha value is -2.95. The van der Waals surface area contributed by atoms with E-state index < -0.39 is 0 Å². The molecule has 28 heavy (non-hydrogen) atoms. The van der Waals surface area contributed by atoms with Crippen molar-refractivity contribution in [3.63, 3.8) is 0 Å². The van der Waals surface area contributed by atoms with Gasteiger partial charge in [0.15, 0.2) is 0 Å². The summed E-state index contributed by atoms with van der Waals surface area (Å²) < 4.78 is 10.6. The molecule has 0 spiro atoms. The molecule has 0 bridgehead atoms. The van der Waals surface area contributed by atoms with Crippen LogP contribution in [-0.4, -0.2) is 33.2 Å². The van der Waals surface area contributed by atoms with Crippen molar-refractivity contribution in [3.8, 4) is 11.5 Å². The molecule has 0 unspecified atom stereocenters. The molecule has 3 rings (SSSR count).